The smallest absolute Gasteiger partial charge is 0.302 e. The molecule has 0 amide bonds. The lowest BCUT2D eigenvalue weighted by molar-refractivity contribution is -0.142. The minimum atomic E-state index is -0.311. The molecule has 0 saturated carbocycles. The number of aromatic amines is 1. The lowest BCUT2D eigenvalue weighted by Gasteiger charge is -2.12. The summed E-state index contributed by atoms with van der Waals surface area (Å²) in [6.07, 6.45) is 6.03. The van der Waals surface area contributed by atoms with Crippen LogP contribution in [-0.2, 0) is 57.8 Å². The number of rotatable bonds is 16. The molecule has 0 unspecified atom stereocenters. The predicted octanol–water partition coefficient (Wildman–Crippen LogP) is 5.07. The second-order valence-electron chi connectivity index (χ2n) is 10.4. The lowest BCUT2D eigenvalue weighted by Crippen LogP contribution is -2.11. The number of hydrogen-bond acceptors (Lipinski definition) is 6. The summed E-state index contributed by atoms with van der Waals surface area (Å²) in [5.74, 6) is -0.622. The van der Waals surface area contributed by atoms with Crippen molar-refractivity contribution in [3.8, 4) is 0 Å². The summed E-state index contributed by atoms with van der Waals surface area (Å²) in [4.78, 5) is 49.9. The first-order valence-electron chi connectivity index (χ1n) is 14.4. The molecule has 0 atom stereocenters. The number of aryl methyl sites for hydroxylation is 2. The van der Waals surface area contributed by atoms with Crippen LogP contribution in [0, 0.1) is 13.8 Å². The number of H-pyrrole nitrogens is 1. The molecule has 0 aliphatic rings. The summed E-state index contributed by atoms with van der Waals surface area (Å²) in [5.41, 5.74) is 10.0. The van der Waals surface area contributed by atoms with Crippen molar-refractivity contribution in [3.05, 3.63) is 68.6 Å². The van der Waals surface area contributed by atoms with Crippen molar-refractivity contribution in [1.82, 2.24) is 14.1 Å². The molecule has 0 aliphatic carbocycles. The Balaban J connectivity index is 1.93. The van der Waals surface area contributed by atoms with Gasteiger partial charge in [0.25, 0.3) is 0 Å². The molecule has 3 aromatic rings. The molecule has 222 valence electrons. The zero-order valence-electron chi connectivity index (χ0n) is 25.2. The maximum absolute atomic E-state index is 11.9. The Labute approximate surface area is 242 Å². The topological polar surface area (TPSA) is 112 Å². The van der Waals surface area contributed by atoms with Crippen LogP contribution in [0.4, 0.5) is 0 Å². The maximum Gasteiger partial charge on any atom is 0.302 e. The van der Waals surface area contributed by atoms with Crippen molar-refractivity contribution in [2.45, 2.75) is 93.2 Å². The molecule has 0 bridgehead atoms. The van der Waals surface area contributed by atoms with Crippen LogP contribution in [0.2, 0.25) is 0 Å². The molecule has 0 radical (unpaired) electrons. The molecule has 0 aromatic carbocycles. The maximum atomic E-state index is 11.9. The van der Waals surface area contributed by atoms with E-state index >= 15 is 0 Å². The molecule has 0 fully saturated rings. The summed E-state index contributed by atoms with van der Waals surface area (Å²) in [7, 11) is 0. The van der Waals surface area contributed by atoms with Gasteiger partial charge < -0.3 is 23.6 Å². The van der Waals surface area contributed by atoms with Crippen LogP contribution in [0.5, 0.6) is 0 Å². The number of carbonyl (C=O) groups excluding carboxylic acids is 4. The first kappa shape index (κ1) is 31.6. The average molecular weight is 566 g/mol. The van der Waals surface area contributed by atoms with Gasteiger partial charge in [-0.15, -0.1) is 0 Å². The van der Waals surface area contributed by atoms with E-state index in [0.717, 1.165) is 59.3 Å². The van der Waals surface area contributed by atoms with Gasteiger partial charge in [-0.3, -0.25) is 19.2 Å². The van der Waals surface area contributed by atoms with Crippen LogP contribution in [0.15, 0.2) is 12.1 Å². The number of carbonyl (C=O) groups is 4. The van der Waals surface area contributed by atoms with Crippen LogP contribution >= 0.6 is 0 Å². The number of hydrogen-bond donors (Lipinski definition) is 1. The van der Waals surface area contributed by atoms with E-state index in [0.29, 0.717) is 63.4 Å². The van der Waals surface area contributed by atoms with Gasteiger partial charge in [0, 0.05) is 62.6 Å². The van der Waals surface area contributed by atoms with Crippen LogP contribution in [0.1, 0.15) is 107 Å². The summed E-state index contributed by atoms with van der Waals surface area (Å²) in [6, 6.07) is 4.13. The van der Waals surface area contributed by atoms with Gasteiger partial charge >= 0.3 is 11.9 Å². The molecule has 9 heteroatoms. The third-order valence-electron chi connectivity index (χ3n) is 7.55. The molecule has 3 heterocycles. The van der Waals surface area contributed by atoms with Crippen molar-refractivity contribution in [2.75, 3.05) is 13.2 Å². The van der Waals surface area contributed by atoms with E-state index in [4.69, 9.17) is 9.47 Å². The number of esters is 2. The molecular weight excluding hydrogens is 522 g/mol. The van der Waals surface area contributed by atoms with E-state index in [1.807, 2.05) is 23.0 Å². The highest BCUT2D eigenvalue weighted by atomic mass is 16.5. The quantitative estimate of drug-likeness (QED) is 0.147. The molecule has 3 rings (SSSR count). The van der Waals surface area contributed by atoms with Crippen LogP contribution < -0.4 is 0 Å². The van der Waals surface area contributed by atoms with Gasteiger partial charge in [0.1, 0.15) is 0 Å². The van der Waals surface area contributed by atoms with Crippen LogP contribution in [-0.4, -0.2) is 51.8 Å². The highest BCUT2D eigenvalue weighted by Crippen LogP contribution is 2.28. The number of ether oxygens (including phenoxy) is 2. The van der Waals surface area contributed by atoms with E-state index in [1.165, 1.54) is 25.0 Å². The summed E-state index contributed by atoms with van der Waals surface area (Å²) >= 11 is 0. The van der Waals surface area contributed by atoms with E-state index in [2.05, 4.69) is 31.0 Å². The second kappa shape index (κ2) is 14.7. The normalized spacial score (nSPS) is 11.1. The third kappa shape index (κ3) is 7.65. The third-order valence-corrected chi connectivity index (χ3v) is 7.55. The molecule has 0 spiro atoms. The van der Waals surface area contributed by atoms with E-state index < -0.39 is 0 Å². The van der Waals surface area contributed by atoms with E-state index in [9.17, 15) is 19.2 Å². The predicted molar refractivity (Wildman–Crippen MR) is 157 cm³/mol. The summed E-state index contributed by atoms with van der Waals surface area (Å²) < 4.78 is 14.3. The number of nitrogens with one attached hydrogen (secondary N) is 1. The molecule has 3 aromatic heterocycles. The molecular formula is C32H43N3O6. The van der Waals surface area contributed by atoms with Crippen LogP contribution in [0.25, 0.3) is 0 Å². The van der Waals surface area contributed by atoms with Gasteiger partial charge in [-0.1, -0.05) is 13.8 Å². The van der Waals surface area contributed by atoms with Gasteiger partial charge in [0.05, 0.1) is 24.6 Å². The summed E-state index contributed by atoms with van der Waals surface area (Å²) in [6.45, 7) is 12.7. The van der Waals surface area contributed by atoms with Crippen LogP contribution in [0.3, 0.4) is 0 Å². The Morgan fingerprint density at radius 2 is 1.15 bits per heavy atom. The van der Waals surface area contributed by atoms with Gasteiger partial charge in [0.2, 0.25) is 0 Å². The van der Waals surface area contributed by atoms with Gasteiger partial charge in [-0.2, -0.15) is 0 Å². The van der Waals surface area contributed by atoms with Gasteiger partial charge in [-0.05, 0) is 73.9 Å². The standard InChI is InChI=1S/C32H43N3O6/c1-7-27-28(8-2)30(18-26-16-22(4)32(20-37)35(26)12-10-14-41-24(6)39)33-29(27)17-25-15-21(3)31(19-36)34(25)11-9-13-40-23(5)38/h15-16,19-20,33H,7-14,17-18H2,1-6H3. The van der Waals surface area contributed by atoms with Gasteiger partial charge in [0.15, 0.2) is 12.6 Å². The fraction of sp³-hybridized carbons (Fsp3) is 0.500. The fourth-order valence-electron chi connectivity index (χ4n) is 5.76. The Hall–Kier alpha value is -3.88. The molecule has 1 N–H and O–H groups in total. The highest BCUT2D eigenvalue weighted by molar-refractivity contribution is 5.76. The van der Waals surface area contributed by atoms with Crippen molar-refractivity contribution >= 4 is 24.5 Å². The molecule has 9 nitrogen and oxygen atoms in total. The first-order chi connectivity index (χ1) is 19.6. The number of nitrogens with zero attached hydrogens (tertiary/aromatic N) is 2. The number of aldehydes is 2. The van der Waals surface area contributed by atoms with Gasteiger partial charge in [-0.25, -0.2) is 0 Å². The monoisotopic (exact) mass is 565 g/mol. The second-order valence-corrected chi connectivity index (χ2v) is 10.4. The van der Waals surface area contributed by atoms with E-state index in [-0.39, 0.29) is 11.9 Å². The Morgan fingerprint density at radius 3 is 1.46 bits per heavy atom. The highest BCUT2D eigenvalue weighted by Gasteiger charge is 2.21. The van der Waals surface area contributed by atoms with Crippen molar-refractivity contribution in [1.29, 1.82) is 0 Å². The average Bonchev–Trinajstić information content (AvgIpc) is 3.52. The molecule has 0 saturated heterocycles. The Morgan fingerprint density at radius 1 is 0.756 bits per heavy atom. The van der Waals surface area contributed by atoms with Crippen molar-refractivity contribution in [2.24, 2.45) is 0 Å². The zero-order valence-corrected chi connectivity index (χ0v) is 25.2. The SMILES string of the molecule is CCc1c(Cc2cc(C)c(C=O)n2CCCOC(C)=O)[nH]c(Cc2cc(C)c(C=O)n2CCCOC(C)=O)c1CC. The Kier molecular flexibility index (Phi) is 11.3. The van der Waals surface area contributed by atoms with Crippen molar-refractivity contribution < 1.29 is 28.7 Å². The lowest BCUT2D eigenvalue weighted by atomic mass is 10.00. The molecule has 0 aliphatic heterocycles. The fourth-order valence-corrected chi connectivity index (χ4v) is 5.76. The minimum Gasteiger partial charge on any atom is -0.466 e. The number of aromatic nitrogens is 3. The largest absolute Gasteiger partial charge is 0.466 e. The van der Waals surface area contributed by atoms with Crippen molar-refractivity contribution in [3.63, 3.8) is 0 Å². The Bertz CT molecular complexity index is 1290. The minimum absolute atomic E-state index is 0.305. The first-order valence-corrected chi connectivity index (χ1v) is 14.4. The summed E-state index contributed by atoms with van der Waals surface area (Å²) in [5, 5.41) is 0. The zero-order chi connectivity index (χ0) is 30.1. The molecule has 41 heavy (non-hydrogen) atoms. The van der Waals surface area contributed by atoms with E-state index in [1.54, 1.807) is 0 Å².